The average molecular weight is 545 g/mol. The van der Waals surface area contributed by atoms with Crippen LogP contribution in [0.2, 0.25) is 5.02 Å². The van der Waals surface area contributed by atoms with Crippen molar-refractivity contribution < 1.29 is 36.2 Å². The second-order valence-electron chi connectivity index (χ2n) is 7.76. The lowest BCUT2D eigenvalue weighted by Crippen LogP contribution is -2.41. The second-order valence-corrected chi connectivity index (χ2v) is 8.17. The van der Waals surface area contributed by atoms with E-state index in [2.05, 4.69) is 15.1 Å². The number of hydrogen-bond acceptors (Lipinski definition) is 6. The molecule has 0 aliphatic heterocycles. The van der Waals surface area contributed by atoms with Crippen LogP contribution in [0.25, 0.3) is 16.8 Å². The maximum absolute atomic E-state index is 15.3. The normalized spacial score (nSPS) is 13.1. The molecule has 0 fully saturated rings. The van der Waals surface area contributed by atoms with Gasteiger partial charge >= 0.3 is 6.18 Å². The number of carbonyl (C=O) groups excluding carboxylic acids is 1. The molecule has 15 heteroatoms. The highest BCUT2D eigenvalue weighted by molar-refractivity contribution is 6.34. The highest BCUT2D eigenvalue weighted by Crippen LogP contribution is 2.34. The molecule has 0 aliphatic rings. The number of aliphatic hydroxyl groups excluding tert-OH is 1. The number of anilines is 1. The fourth-order valence-corrected chi connectivity index (χ4v) is 3.64. The van der Waals surface area contributed by atoms with Gasteiger partial charge in [0.05, 0.1) is 22.8 Å². The number of carbonyl (C=O) groups is 1. The Morgan fingerprint density at radius 3 is 2.57 bits per heavy atom. The summed E-state index contributed by atoms with van der Waals surface area (Å²) >= 11 is 5.95. The molecule has 3 heterocycles. The van der Waals surface area contributed by atoms with Crippen molar-refractivity contribution in [2.24, 2.45) is 0 Å². The van der Waals surface area contributed by atoms with E-state index in [4.69, 9.17) is 17.3 Å². The van der Waals surface area contributed by atoms with Crippen molar-refractivity contribution in [1.29, 1.82) is 0 Å². The predicted molar refractivity (Wildman–Crippen MR) is 119 cm³/mol. The number of amides is 1. The Balaban J connectivity index is 1.56. The van der Waals surface area contributed by atoms with Crippen molar-refractivity contribution in [3.8, 4) is 11.1 Å². The number of halogens is 7. The van der Waals surface area contributed by atoms with Crippen molar-refractivity contribution in [3.05, 3.63) is 76.5 Å². The van der Waals surface area contributed by atoms with Gasteiger partial charge in [0.1, 0.15) is 11.5 Å². The fourth-order valence-electron chi connectivity index (χ4n) is 3.41. The maximum atomic E-state index is 15.3. The summed E-state index contributed by atoms with van der Waals surface area (Å²) in [5, 5.41) is 15.2. The van der Waals surface area contributed by atoms with Gasteiger partial charge in [-0.3, -0.25) is 4.79 Å². The summed E-state index contributed by atoms with van der Waals surface area (Å²) < 4.78 is 84.2. The number of rotatable bonds is 6. The van der Waals surface area contributed by atoms with Gasteiger partial charge in [-0.05, 0) is 42.0 Å². The number of nitrogens with one attached hydrogen (secondary N) is 1. The van der Waals surface area contributed by atoms with Crippen molar-refractivity contribution in [1.82, 2.24) is 24.9 Å². The number of nitrogen functional groups attached to an aromatic ring is 1. The predicted octanol–water partition coefficient (Wildman–Crippen LogP) is 4.28. The zero-order valence-electron chi connectivity index (χ0n) is 18.3. The minimum Gasteiger partial charge on any atom is -0.380 e. The molecular formula is C22H15ClF6N6O2. The van der Waals surface area contributed by atoms with Gasteiger partial charge in [-0.1, -0.05) is 17.7 Å². The van der Waals surface area contributed by atoms with Crippen molar-refractivity contribution in [3.63, 3.8) is 0 Å². The lowest BCUT2D eigenvalue weighted by Gasteiger charge is -2.23. The van der Waals surface area contributed by atoms with Crippen molar-refractivity contribution >= 4 is 29.1 Å². The Morgan fingerprint density at radius 1 is 1.14 bits per heavy atom. The third-order valence-corrected chi connectivity index (χ3v) is 5.52. The van der Waals surface area contributed by atoms with E-state index in [1.165, 1.54) is 35.0 Å². The second kappa shape index (κ2) is 9.52. The van der Waals surface area contributed by atoms with Crippen LogP contribution in [0.1, 0.15) is 27.8 Å². The summed E-state index contributed by atoms with van der Waals surface area (Å²) in [5.74, 6) is -6.69. The Kier molecular flexibility index (Phi) is 6.73. The number of nitrogens with two attached hydrogens (primary N) is 1. The molecule has 4 rings (SSSR count). The fraction of sp³-hybridized carbons (Fsp3) is 0.182. The molecule has 1 amide bonds. The van der Waals surface area contributed by atoms with E-state index >= 15 is 4.39 Å². The number of fused-ring (bicyclic) bond motifs is 1. The molecule has 8 nitrogen and oxygen atoms in total. The van der Waals surface area contributed by atoms with Crippen LogP contribution in [0, 0.1) is 5.82 Å². The van der Waals surface area contributed by atoms with Crippen LogP contribution in [0.3, 0.4) is 0 Å². The number of aromatic nitrogens is 4. The zero-order chi connectivity index (χ0) is 27.1. The quantitative estimate of drug-likeness (QED) is 0.312. The summed E-state index contributed by atoms with van der Waals surface area (Å²) in [6, 6.07) is 7.42. The minimum absolute atomic E-state index is 0.0303. The van der Waals surface area contributed by atoms with Crippen LogP contribution in [0.15, 0.2) is 48.7 Å². The van der Waals surface area contributed by atoms with Crippen molar-refractivity contribution in [2.75, 3.05) is 12.3 Å². The molecule has 0 bridgehead atoms. The average Bonchev–Trinajstić information content (AvgIpc) is 3.21. The van der Waals surface area contributed by atoms with Gasteiger partial charge in [-0.15, -0.1) is 5.10 Å². The van der Waals surface area contributed by atoms with Gasteiger partial charge < -0.3 is 16.2 Å². The topological polar surface area (TPSA) is 118 Å². The van der Waals surface area contributed by atoms with Crippen LogP contribution >= 0.6 is 11.6 Å². The highest BCUT2D eigenvalue weighted by Gasteiger charge is 2.42. The third kappa shape index (κ3) is 5.29. The number of hydrogen-bond donors (Lipinski definition) is 3. The summed E-state index contributed by atoms with van der Waals surface area (Å²) in [4.78, 5) is 19.6. The highest BCUT2D eigenvalue weighted by atomic mass is 35.5. The first-order valence-electron chi connectivity index (χ1n) is 10.3. The molecule has 0 saturated carbocycles. The van der Waals surface area contributed by atoms with Gasteiger partial charge in [-0.25, -0.2) is 22.7 Å². The van der Waals surface area contributed by atoms with E-state index in [0.29, 0.717) is 6.07 Å². The maximum Gasteiger partial charge on any atom is 0.433 e. The minimum atomic E-state index is -4.93. The van der Waals surface area contributed by atoms with E-state index in [0.717, 1.165) is 12.1 Å². The molecule has 4 aromatic rings. The van der Waals surface area contributed by atoms with Gasteiger partial charge in [0.2, 0.25) is 5.95 Å². The molecule has 194 valence electrons. The van der Waals surface area contributed by atoms with Gasteiger partial charge in [0.25, 0.3) is 11.8 Å². The molecule has 1 aromatic carbocycles. The van der Waals surface area contributed by atoms with E-state index in [9.17, 15) is 31.9 Å². The first-order valence-corrected chi connectivity index (χ1v) is 10.6. The molecule has 0 saturated heterocycles. The molecule has 1 unspecified atom stereocenters. The lowest BCUT2D eigenvalue weighted by atomic mass is 10.0. The van der Waals surface area contributed by atoms with Crippen LogP contribution in [0.4, 0.5) is 32.3 Å². The monoisotopic (exact) mass is 544 g/mol. The zero-order valence-corrected chi connectivity index (χ0v) is 19.0. The third-order valence-electron chi connectivity index (χ3n) is 5.21. The van der Waals surface area contributed by atoms with Gasteiger partial charge in [-0.2, -0.15) is 18.2 Å². The molecule has 4 N–H and O–H groups in total. The van der Waals surface area contributed by atoms with Crippen molar-refractivity contribution in [2.45, 2.75) is 18.2 Å². The molecule has 37 heavy (non-hydrogen) atoms. The Bertz CT molecular complexity index is 1490. The van der Waals surface area contributed by atoms with E-state index in [1.807, 2.05) is 0 Å². The van der Waals surface area contributed by atoms with E-state index < -0.39 is 58.4 Å². The number of aliphatic hydroxyl groups is 1. The van der Waals surface area contributed by atoms with Crippen LogP contribution in [-0.2, 0) is 6.18 Å². The number of nitrogens with zero attached hydrogens (tertiary/aromatic N) is 4. The molecule has 0 spiro atoms. The smallest absolute Gasteiger partial charge is 0.380 e. The number of benzene rings is 1. The Hall–Kier alpha value is -3.91. The van der Waals surface area contributed by atoms with Crippen LogP contribution < -0.4 is 11.1 Å². The summed E-state index contributed by atoms with van der Waals surface area (Å²) in [6.07, 6.45) is -6.29. The molecular weight excluding hydrogens is 530 g/mol. The molecule has 3 aromatic heterocycles. The summed E-state index contributed by atoms with van der Waals surface area (Å²) in [7, 11) is 0. The lowest BCUT2D eigenvalue weighted by molar-refractivity contribution is -0.142. The summed E-state index contributed by atoms with van der Waals surface area (Å²) in [5.41, 5.74) is 2.72. The Labute approximate surface area is 208 Å². The molecule has 0 radical (unpaired) electrons. The van der Waals surface area contributed by atoms with Crippen LogP contribution in [0.5, 0.6) is 0 Å². The summed E-state index contributed by atoms with van der Waals surface area (Å²) in [6.45, 7) is -1.56. The molecule has 0 aliphatic carbocycles. The first kappa shape index (κ1) is 26.2. The van der Waals surface area contributed by atoms with Gasteiger partial charge in [0.15, 0.2) is 11.8 Å². The van der Waals surface area contributed by atoms with Crippen LogP contribution in [-0.4, -0.2) is 43.1 Å². The molecule has 1 atom stereocenters. The Morgan fingerprint density at radius 2 is 1.86 bits per heavy atom. The number of alkyl halides is 5. The number of pyridine rings is 2. The SMILES string of the molecule is Nc1nc2cc(-c3ccc(Cl)c(C(=O)NCC(F)(F)C(O)c4cccc(C(F)(F)F)n4)c3F)ccn2n1. The standard InChI is InChI=1S/C22H15ClF6N6O2/c23-12-5-4-11(10-6-7-35-15(8-10)33-20(30)34-35)17(24)16(12)19(37)31-9-21(25,26)18(36)13-2-1-3-14(32-13)22(27,28)29/h1-8,18,36H,9H2,(H2,30,34)(H,31,37). The van der Waals surface area contributed by atoms with E-state index in [1.54, 1.807) is 5.32 Å². The largest absolute Gasteiger partial charge is 0.433 e. The van der Waals surface area contributed by atoms with Gasteiger partial charge in [0, 0.05) is 11.8 Å². The van der Waals surface area contributed by atoms with E-state index in [-0.39, 0.29) is 22.7 Å². The first-order chi connectivity index (χ1) is 17.3.